The van der Waals surface area contributed by atoms with Crippen molar-refractivity contribution in [2.45, 2.75) is 17.1 Å². The Morgan fingerprint density at radius 3 is 2.75 bits per heavy atom. The highest BCUT2D eigenvalue weighted by Gasteiger charge is 2.19. The first-order valence-corrected chi connectivity index (χ1v) is 8.01. The van der Waals surface area contributed by atoms with Crippen LogP contribution in [0.1, 0.15) is 11.1 Å². The highest BCUT2D eigenvalue weighted by atomic mass is 35.5. The number of benzene rings is 2. The largest absolute Gasteiger partial charge is 0.493 e. The van der Waals surface area contributed by atoms with Gasteiger partial charge in [0.1, 0.15) is 5.75 Å². The number of rotatable bonds is 3. The Morgan fingerprint density at radius 1 is 1.25 bits per heavy atom. The van der Waals surface area contributed by atoms with Gasteiger partial charge in [-0.3, -0.25) is 4.21 Å². The second kappa shape index (κ2) is 5.46. The Morgan fingerprint density at radius 2 is 2.00 bits per heavy atom. The van der Waals surface area contributed by atoms with Crippen molar-refractivity contribution in [3.63, 3.8) is 0 Å². The summed E-state index contributed by atoms with van der Waals surface area (Å²) in [4.78, 5) is 0.755. The van der Waals surface area contributed by atoms with Crippen LogP contribution in [0, 0.1) is 0 Å². The zero-order valence-corrected chi connectivity index (χ0v) is 12.3. The molecule has 1 aliphatic rings. The number of anilines is 1. The molecule has 3 rings (SSSR count). The maximum absolute atomic E-state index is 12.4. The average molecular weight is 308 g/mol. The molecule has 0 saturated carbocycles. The molecule has 5 heteroatoms. The lowest BCUT2D eigenvalue weighted by Crippen LogP contribution is -1.99. The molecule has 0 amide bonds. The summed E-state index contributed by atoms with van der Waals surface area (Å²) >= 11 is 6.11. The van der Waals surface area contributed by atoms with Gasteiger partial charge in [-0.1, -0.05) is 11.6 Å². The van der Waals surface area contributed by atoms with Crippen LogP contribution in [0.5, 0.6) is 5.75 Å². The monoisotopic (exact) mass is 307 g/mol. The van der Waals surface area contributed by atoms with Crippen LogP contribution < -0.4 is 10.5 Å². The van der Waals surface area contributed by atoms with Crippen molar-refractivity contribution in [3.8, 4) is 5.75 Å². The molecule has 0 fully saturated rings. The summed E-state index contributed by atoms with van der Waals surface area (Å²) in [5, 5.41) is 0.665. The second-order valence-corrected chi connectivity index (χ2v) is 6.60. The molecule has 0 aliphatic carbocycles. The number of nitrogen functional groups attached to an aromatic ring is 1. The molecule has 20 heavy (non-hydrogen) atoms. The summed E-state index contributed by atoms with van der Waals surface area (Å²) in [5.74, 6) is 1.24. The number of nitrogens with two attached hydrogens (primary N) is 1. The minimum Gasteiger partial charge on any atom is -0.493 e. The van der Waals surface area contributed by atoms with Crippen LogP contribution in [-0.2, 0) is 23.0 Å². The third kappa shape index (κ3) is 2.67. The molecule has 0 aromatic heterocycles. The number of fused-ring (bicyclic) bond motifs is 1. The summed E-state index contributed by atoms with van der Waals surface area (Å²) in [7, 11) is -1.14. The molecule has 1 heterocycles. The van der Waals surface area contributed by atoms with Crippen molar-refractivity contribution in [2.75, 3.05) is 12.3 Å². The van der Waals surface area contributed by atoms with Crippen LogP contribution >= 0.6 is 11.6 Å². The van der Waals surface area contributed by atoms with Gasteiger partial charge in [0, 0.05) is 27.6 Å². The van der Waals surface area contributed by atoms with Gasteiger partial charge in [-0.2, -0.15) is 0 Å². The molecule has 0 bridgehead atoms. The summed E-state index contributed by atoms with van der Waals surface area (Å²) in [5.41, 5.74) is 8.30. The second-order valence-electron chi connectivity index (χ2n) is 4.71. The van der Waals surface area contributed by atoms with Gasteiger partial charge in [-0.25, -0.2) is 0 Å². The normalized spacial score (nSPS) is 14.7. The number of hydrogen-bond acceptors (Lipinski definition) is 3. The van der Waals surface area contributed by atoms with Crippen LogP contribution in [0.25, 0.3) is 0 Å². The molecule has 0 spiro atoms. The first kappa shape index (κ1) is 13.5. The van der Waals surface area contributed by atoms with Gasteiger partial charge in [0.15, 0.2) is 0 Å². The van der Waals surface area contributed by atoms with Crippen molar-refractivity contribution in [3.05, 3.63) is 52.5 Å². The number of hydrogen-bond donors (Lipinski definition) is 1. The number of halogens is 1. The SMILES string of the molecule is Nc1ccc(S(=O)Cc2cc(Cl)cc3c2OCC3)cc1. The molecule has 0 saturated heterocycles. The van der Waals surface area contributed by atoms with Gasteiger partial charge in [-0.15, -0.1) is 0 Å². The fraction of sp³-hybridized carbons (Fsp3) is 0.200. The molecular weight excluding hydrogens is 294 g/mol. The Labute approximate surface area is 125 Å². The van der Waals surface area contributed by atoms with Crippen LogP contribution in [0.15, 0.2) is 41.3 Å². The van der Waals surface area contributed by atoms with E-state index in [9.17, 15) is 4.21 Å². The third-order valence-corrected chi connectivity index (χ3v) is 4.84. The predicted octanol–water partition coefficient (Wildman–Crippen LogP) is 3.16. The van der Waals surface area contributed by atoms with E-state index in [4.69, 9.17) is 22.1 Å². The average Bonchev–Trinajstić information content (AvgIpc) is 2.87. The van der Waals surface area contributed by atoms with Crippen molar-refractivity contribution < 1.29 is 8.95 Å². The quantitative estimate of drug-likeness (QED) is 0.886. The topological polar surface area (TPSA) is 52.3 Å². The predicted molar refractivity (Wildman–Crippen MR) is 81.6 cm³/mol. The molecule has 104 valence electrons. The standard InChI is InChI=1S/C15H14ClNO2S/c16-12-7-10-5-6-19-15(10)11(8-12)9-20(18)14-3-1-13(17)2-4-14/h1-4,7-8H,5-6,9,17H2. The van der Waals surface area contributed by atoms with Gasteiger partial charge >= 0.3 is 0 Å². The van der Waals surface area contributed by atoms with E-state index >= 15 is 0 Å². The molecule has 3 nitrogen and oxygen atoms in total. The van der Waals surface area contributed by atoms with E-state index < -0.39 is 10.8 Å². The molecular formula is C15H14ClNO2S. The molecule has 1 unspecified atom stereocenters. The van der Waals surface area contributed by atoms with E-state index in [1.165, 1.54) is 0 Å². The van der Waals surface area contributed by atoms with E-state index in [1.54, 1.807) is 24.3 Å². The van der Waals surface area contributed by atoms with Crippen molar-refractivity contribution >= 4 is 28.1 Å². The lowest BCUT2D eigenvalue weighted by Gasteiger charge is -2.09. The molecule has 2 N–H and O–H groups in total. The summed E-state index contributed by atoms with van der Waals surface area (Å²) in [6.07, 6.45) is 0.859. The lowest BCUT2D eigenvalue weighted by molar-refractivity contribution is 0.354. The van der Waals surface area contributed by atoms with E-state index in [-0.39, 0.29) is 0 Å². The minimum absolute atomic E-state index is 0.396. The van der Waals surface area contributed by atoms with Crippen LogP contribution in [-0.4, -0.2) is 10.8 Å². The van der Waals surface area contributed by atoms with Crippen LogP contribution in [0.4, 0.5) is 5.69 Å². The minimum atomic E-state index is -1.14. The van der Waals surface area contributed by atoms with E-state index in [0.717, 1.165) is 28.2 Å². The maximum atomic E-state index is 12.4. The van der Waals surface area contributed by atoms with Crippen molar-refractivity contribution in [2.24, 2.45) is 0 Å². The van der Waals surface area contributed by atoms with Gasteiger partial charge in [-0.05, 0) is 42.0 Å². The fourth-order valence-corrected chi connectivity index (χ4v) is 3.66. The Hall–Kier alpha value is -1.52. The molecule has 1 atom stereocenters. The maximum Gasteiger partial charge on any atom is 0.126 e. The van der Waals surface area contributed by atoms with Gasteiger partial charge in [0.2, 0.25) is 0 Å². The molecule has 1 aliphatic heterocycles. The summed E-state index contributed by atoms with van der Waals surface area (Å²) in [6, 6.07) is 10.8. The number of ether oxygens (including phenoxy) is 1. The molecule has 2 aromatic rings. The molecule has 2 aromatic carbocycles. The zero-order chi connectivity index (χ0) is 14.1. The first-order chi connectivity index (χ1) is 9.63. The smallest absolute Gasteiger partial charge is 0.126 e. The third-order valence-electron chi connectivity index (χ3n) is 3.25. The van der Waals surface area contributed by atoms with Gasteiger partial charge in [0.25, 0.3) is 0 Å². The van der Waals surface area contributed by atoms with E-state index in [2.05, 4.69) is 0 Å². The molecule has 0 radical (unpaired) electrons. The lowest BCUT2D eigenvalue weighted by atomic mass is 10.1. The van der Waals surface area contributed by atoms with Crippen molar-refractivity contribution in [1.29, 1.82) is 0 Å². The highest BCUT2D eigenvalue weighted by Crippen LogP contribution is 2.34. The Balaban J connectivity index is 1.88. The van der Waals surface area contributed by atoms with Crippen LogP contribution in [0.2, 0.25) is 5.02 Å². The first-order valence-electron chi connectivity index (χ1n) is 6.31. The van der Waals surface area contributed by atoms with Gasteiger partial charge in [0.05, 0.1) is 23.2 Å². The Kier molecular flexibility index (Phi) is 3.68. The highest BCUT2D eigenvalue weighted by molar-refractivity contribution is 7.84. The Bertz CT molecular complexity index is 670. The zero-order valence-electron chi connectivity index (χ0n) is 10.8. The van der Waals surface area contributed by atoms with Crippen LogP contribution in [0.3, 0.4) is 0 Å². The fourth-order valence-electron chi connectivity index (χ4n) is 2.30. The van der Waals surface area contributed by atoms with Gasteiger partial charge < -0.3 is 10.5 Å². The summed E-state index contributed by atoms with van der Waals surface area (Å²) < 4.78 is 18.0. The van der Waals surface area contributed by atoms with E-state index in [0.29, 0.717) is 23.1 Å². The summed E-state index contributed by atoms with van der Waals surface area (Å²) in [6.45, 7) is 0.664. The van der Waals surface area contributed by atoms with E-state index in [1.807, 2.05) is 12.1 Å². The van der Waals surface area contributed by atoms with Crippen molar-refractivity contribution in [1.82, 2.24) is 0 Å².